The van der Waals surface area contributed by atoms with Crippen molar-refractivity contribution >= 4 is 65.2 Å². The molecule has 0 atom stereocenters. The van der Waals surface area contributed by atoms with Crippen LogP contribution in [0, 0.1) is 0 Å². The van der Waals surface area contributed by atoms with Crippen LogP contribution in [0.5, 0.6) is 0 Å². The molecule has 0 N–H and O–H groups in total. The molecule has 0 spiro atoms. The molecule has 2 aromatic rings. The van der Waals surface area contributed by atoms with E-state index in [9.17, 15) is 0 Å². The molecule has 0 aliphatic carbocycles. The maximum absolute atomic E-state index is 2.51. The van der Waals surface area contributed by atoms with Crippen LogP contribution >= 0.6 is 22.7 Å². The molecular weight excluding hydrogens is 494 g/mol. The van der Waals surface area contributed by atoms with E-state index in [1.165, 1.54) is 12.8 Å². The van der Waals surface area contributed by atoms with Crippen molar-refractivity contribution in [2.75, 3.05) is 0 Å². The molecule has 0 bridgehead atoms. The van der Waals surface area contributed by atoms with Gasteiger partial charge in [-0.1, -0.05) is 0 Å². The van der Waals surface area contributed by atoms with Crippen molar-refractivity contribution in [1.29, 1.82) is 0 Å². The summed E-state index contributed by atoms with van der Waals surface area (Å²) in [4.78, 5) is 18.2. The summed E-state index contributed by atoms with van der Waals surface area (Å²) in [5.74, 6) is 0. The number of hydrogen-bond donors (Lipinski definition) is 0. The Morgan fingerprint density at radius 1 is 0.650 bits per heavy atom. The van der Waals surface area contributed by atoms with Gasteiger partial charge in [-0.25, -0.2) is 0 Å². The topological polar surface area (TPSA) is 0 Å². The Bertz CT molecular complexity index is 516. The average molecular weight is 520 g/mol. The molecule has 0 fully saturated rings. The van der Waals surface area contributed by atoms with E-state index in [1.54, 1.807) is 15.5 Å². The molecule has 0 radical (unpaired) electrons. The van der Waals surface area contributed by atoms with Gasteiger partial charge in [-0.05, 0) is 0 Å². The molecule has 0 aliphatic rings. The van der Waals surface area contributed by atoms with Gasteiger partial charge in [-0.15, -0.1) is 0 Å². The third kappa shape index (κ3) is 4.75. The first-order valence-corrected chi connectivity index (χ1v) is 29.0. The van der Waals surface area contributed by atoms with Gasteiger partial charge in [0.15, 0.2) is 0 Å². The van der Waals surface area contributed by atoms with Crippen molar-refractivity contribution in [2.45, 2.75) is 42.5 Å². The van der Waals surface area contributed by atoms with Crippen molar-refractivity contribution in [3.05, 3.63) is 34.0 Å². The molecular formula is C16H26S2Sn2. The third-order valence-corrected chi connectivity index (χ3v) is 24.7. The number of thiophene rings is 2. The first kappa shape index (κ1) is 17.4. The van der Waals surface area contributed by atoms with Crippen molar-refractivity contribution in [3.63, 3.8) is 0 Å². The van der Waals surface area contributed by atoms with Crippen LogP contribution in [0.15, 0.2) is 24.3 Å². The van der Waals surface area contributed by atoms with Gasteiger partial charge < -0.3 is 0 Å². The summed E-state index contributed by atoms with van der Waals surface area (Å²) in [6.07, 6.45) is 2.46. The molecule has 0 saturated carbocycles. The van der Waals surface area contributed by atoms with E-state index in [-0.39, 0.29) is 0 Å². The standard InChI is InChI=1S/C10H8S2.6CH3.2Sn/c1-3-9(11-7-1)5-6-10-4-2-8-12-10;;;;;;;;/h1-4H,5-6H2;6*1H3;;. The molecule has 0 amide bonds. The summed E-state index contributed by atoms with van der Waals surface area (Å²) in [6.45, 7) is 0. The van der Waals surface area contributed by atoms with Crippen LogP contribution in [-0.4, -0.2) is 36.8 Å². The van der Waals surface area contributed by atoms with E-state index in [0.29, 0.717) is 0 Å². The van der Waals surface area contributed by atoms with Gasteiger partial charge in [0.1, 0.15) is 0 Å². The van der Waals surface area contributed by atoms with Gasteiger partial charge in [-0.2, -0.15) is 0 Å². The second kappa shape index (κ2) is 6.63. The second-order valence-electron chi connectivity index (χ2n) is 7.53. The zero-order valence-electron chi connectivity index (χ0n) is 13.5. The SMILES string of the molecule is [CH3][Sn]([CH3])([CH3])[c]1ccc(CCc2cc[c]([Sn]([CH3])([CH3])[CH3])s2)s1. The summed E-state index contributed by atoms with van der Waals surface area (Å²) in [5, 5.41) is 0. The van der Waals surface area contributed by atoms with Crippen molar-refractivity contribution in [2.24, 2.45) is 0 Å². The third-order valence-electron chi connectivity index (χ3n) is 3.42. The van der Waals surface area contributed by atoms with Gasteiger partial charge >= 0.3 is 142 Å². The summed E-state index contributed by atoms with van der Waals surface area (Å²) in [6, 6.07) is 9.56. The Kier molecular flexibility index (Phi) is 5.75. The predicted molar refractivity (Wildman–Crippen MR) is 102 cm³/mol. The summed E-state index contributed by atoms with van der Waals surface area (Å²) in [7, 11) is 0. The molecule has 0 aliphatic heterocycles. The Labute approximate surface area is 140 Å². The van der Waals surface area contributed by atoms with Crippen LogP contribution in [0.2, 0.25) is 29.6 Å². The van der Waals surface area contributed by atoms with Gasteiger partial charge in [0.05, 0.1) is 0 Å². The summed E-state index contributed by atoms with van der Waals surface area (Å²) >= 11 is 0.504. The fourth-order valence-electron chi connectivity index (χ4n) is 2.08. The van der Waals surface area contributed by atoms with Crippen LogP contribution in [0.1, 0.15) is 9.75 Å². The number of aryl methyl sites for hydroxylation is 2. The normalized spacial score (nSPS) is 12.9. The first-order valence-electron chi connectivity index (χ1n) is 7.34. The van der Waals surface area contributed by atoms with Crippen molar-refractivity contribution < 1.29 is 0 Å². The fraction of sp³-hybridized carbons (Fsp3) is 0.500. The number of hydrogen-bond acceptors (Lipinski definition) is 2. The van der Waals surface area contributed by atoms with E-state index in [4.69, 9.17) is 0 Å². The van der Waals surface area contributed by atoms with Crippen LogP contribution in [-0.2, 0) is 12.8 Å². The predicted octanol–water partition coefficient (Wildman–Crippen LogP) is 4.69. The van der Waals surface area contributed by atoms with Gasteiger partial charge in [0, 0.05) is 0 Å². The van der Waals surface area contributed by atoms with Crippen LogP contribution in [0.4, 0.5) is 0 Å². The molecule has 4 heteroatoms. The Morgan fingerprint density at radius 3 is 1.25 bits per heavy atom. The quantitative estimate of drug-likeness (QED) is 0.503. The monoisotopic (exact) mass is 522 g/mol. The van der Waals surface area contributed by atoms with Crippen LogP contribution in [0.3, 0.4) is 0 Å². The van der Waals surface area contributed by atoms with E-state index in [1.807, 2.05) is 0 Å². The molecule has 0 nitrogen and oxygen atoms in total. The van der Waals surface area contributed by atoms with E-state index in [2.05, 4.69) is 76.6 Å². The zero-order valence-corrected chi connectivity index (χ0v) is 20.9. The molecule has 20 heavy (non-hydrogen) atoms. The minimum atomic E-state index is -1.83. The van der Waals surface area contributed by atoms with Crippen LogP contribution in [0.25, 0.3) is 0 Å². The van der Waals surface area contributed by atoms with E-state index < -0.39 is 36.8 Å². The second-order valence-corrected chi connectivity index (χ2v) is 40.7. The van der Waals surface area contributed by atoms with Crippen LogP contribution < -0.4 is 5.79 Å². The fourth-order valence-corrected chi connectivity index (χ4v) is 15.0. The van der Waals surface area contributed by atoms with Crippen molar-refractivity contribution in [1.82, 2.24) is 0 Å². The molecule has 2 aromatic heterocycles. The summed E-state index contributed by atoms with van der Waals surface area (Å²) < 4.78 is 3.43. The Hall–Kier alpha value is 0.997. The molecule has 0 aromatic carbocycles. The van der Waals surface area contributed by atoms with E-state index in [0.717, 1.165) is 0 Å². The molecule has 0 unspecified atom stereocenters. The van der Waals surface area contributed by atoms with Gasteiger partial charge in [-0.3, -0.25) is 0 Å². The molecule has 2 heterocycles. The Balaban J connectivity index is 1.99. The molecule has 0 saturated heterocycles. The van der Waals surface area contributed by atoms with E-state index >= 15 is 0 Å². The summed E-state index contributed by atoms with van der Waals surface area (Å²) in [5.41, 5.74) is 0. The molecule has 2 rings (SSSR count). The average Bonchev–Trinajstić information content (AvgIpc) is 2.94. The Morgan fingerprint density at radius 2 is 1.00 bits per heavy atom. The first-order chi connectivity index (χ1) is 9.16. The maximum atomic E-state index is 2.51. The van der Waals surface area contributed by atoms with Gasteiger partial charge in [0.25, 0.3) is 0 Å². The van der Waals surface area contributed by atoms with Gasteiger partial charge in [0.2, 0.25) is 0 Å². The minimum absolute atomic E-state index is 1.23. The van der Waals surface area contributed by atoms with Crippen molar-refractivity contribution in [3.8, 4) is 0 Å². The number of rotatable bonds is 5. The molecule has 110 valence electrons. The zero-order chi connectivity index (χ0) is 15.0.